The van der Waals surface area contributed by atoms with Crippen LogP contribution in [-0.4, -0.2) is 45.0 Å². The van der Waals surface area contributed by atoms with Crippen molar-refractivity contribution in [2.75, 3.05) is 18.8 Å². The van der Waals surface area contributed by atoms with Crippen molar-refractivity contribution >= 4 is 27.5 Å². The van der Waals surface area contributed by atoms with E-state index in [1.165, 1.54) is 37.9 Å². The van der Waals surface area contributed by atoms with Gasteiger partial charge in [0, 0.05) is 42.9 Å². The number of hydrogen-bond donors (Lipinski definition) is 0. The fraction of sp³-hybridized carbons (Fsp3) is 0.842. The zero-order valence-corrected chi connectivity index (χ0v) is 17.0. The Kier molecular flexibility index (Phi) is 6.46. The molecule has 1 aliphatic carbocycles. The van der Waals surface area contributed by atoms with Gasteiger partial charge in [-0.2, -0.15) is 4.98 Å². The molecule has 2 atom stereocenters. The highest BCUT2D eigenvalue weighted by Crippen LogP contribution is 2.40. The molecular formula is C19H29N3O2S2. The average molecular weight is 396 g/mol. The maximum absolute atomic E-state index is 12.6. The van der Waals surface area contributed by atoms with E-state index in [9.17, 15) is 4.79 Å². The molecule has 1 aromatic rings. The largest absolute Gasteiger partial charge is 0.342 e. The second-order valence-electron chi connectivity index (χ2n) is 7.95. The third-order valence-electron chi connectivity index (χ3n) is 5.66. The van der Waals surface area contributed by atoms with E-state index in [1.54, 1.807) is 0 Å². The highest BCUT2D eigenvalue weighted by Gasteiger charge is 2.30. The predicted octanol–water partition coefficient (Wildman–Crippen LogP) is 4.44. The number of hydrogen-bond acceptors (Lipinski definition) is 6. The first-order valence-electron chi connectivity index (χ1n) is 10.2. The third-order valence-corrected chi connectivity index (χ3v) is 8.66. The van der Waals surface area contributed by atoms with Gasteiger partial charge in [0.25, 0.3) is 0 Å². The second kappa shape index (κ2) is 9.00. The summed E-state index contributed by atoms with van der Waals surface area (Å²) in [6.45, 7) is 1.77. The summed E-state index contributed by atoms with van der Waals surface area (Å²) in [6, 6.07) is 0. The molecule has 2 saturated heterocycles. The first-order chi connectivity index (χ1) is 12.8. The molecule has 0 unspecified atom stereocenters. The summed E-state index contributed by atoms with van der Waals surface area (Å²) in [5, 5.41) is 4.93. The lowest BCUT2D eigenvalue weighted by Gasteiger charge is -2.32. The maximum atomic E-state index is 12.6. The number of piperidine rings is 1. The molecule has 3 heterocycles. The summed E-state index contributed by atoms with van der Waals surface area (Å²) < 4.78 is 5.42. The van der Waals surface area contributed by atoms with Crippen LogP contribution < -0.4 is 0 Å². The van der Waals surface area contributed by atoms with Crippen LogP contribution in [0.5, 0.6) is 0 Å². The van der Waals surface area contributed by atoms with E-state index in [4.69, 9.17) is 4.52 Å². The standard InChI is InChI=1S/C19H29N3O2S2/c23-18(6-2-1-5-16-9-11-25-26-16)22-10-3-4-14(13-22)12-17-20-19(21-24-17)15-7-8-15/h14-16H,1-13H2/t14-,16-/m1/s1. The van der Waals surface area contributed by atoms with Gasteiger partial charge in [-0.15, -0.1) is 0 Å². The van der Waals surface area contributed by atoms with Crippen molar-refractivity contribution in [1.82, 2.24) is 15.0 Å². The van der Waals surface area contributed by atoms with Crippen LogP contribution >= 0.6 is 21.6 Å². The van der Waals surface area contributed by atoms with E-state index in [2.05, 4.69) is 15.0 Å². The molecule has 2 aliphatic heterocycles. The first-order valence-corrected chi connectivity index (χ1v) is 12.5. The van der Waals surface area contributed by atoms with Gasteiger partial charge in [-0.3, -0.25) is 4.79 Å². The normalized spacial score (nSPS) is 26.4. The van der Waals surface area contributed by atoms with E-state index >= 15 is 0 Å². The number of likely N-dealkylation sites (tertiary alicyclic amines) is 1. The second-order valence-corrected chi connectivity index (χ2v) is 10.7. The number of aromatic nitrogens is 2. The molecule has 0 aromatic carbocycles. The van der Waals surface area contributed by atoms with Gasteiger partial charge in [-0.1, -0.05) is 33.2 Å². The number of rotatable bonds is 8. The quantitative estimate of drug-likeness (QED) is 0.479. The van der Waals surface area contributed by atoms with Crippen LogP contribution in [0.2, 0.25) is 0 Å². The molecule has 4 rings (SSSR count). The summed E-state index contributed by atoms with van der Waals surface area (Å²) in [5.41, 5.74) is 0. The van der Waals surface area contributed by atoms with Crippen LogP contribution in [0.1, 0.15) is 75.4 Å². The summed E-state index contributed by atoms with van der Waals surface area (Å²) >= 11 is 0. The van der Waals surface area contributed by atoms with Gasteiger partial charge in [-0.05, 0) is 50.9 Å². The molecule has 7 heteroatoms. The molecule has 144 valence electrons. The van der Waals surface area contributed by atoms with Crippen molar-refractivity contribution in [3.05, 3.63) is 11.7 Å². The molecule has 0 bridgehead atoms. The number of unbranched alkanes of at least 4 members (excludes halogenated alkanes) is 1. The van der Waals surface area contributed by atoms with Gasteiger partial charge in [0.15, 0.2) is 5.82 Å². The van der Waals surface area contributed by atoms with Gasteiger partial charge in [-0.25, -0.2) is 0 Å². The average Bonchev–Trinajstić information content (AvgIpc) is 3.17. The molecule has 0 N–H and O–H groups in total. The molecule has 0 radical (unpaired) electrons. The zero-order valence-electron chi connectivity index (χ0n) is 15.4. The third kappa shape index (κ3) is 5.18. The first kappa shape index (κ1) is 18.7. The van der Waals surface area contributed by atoms with Crippen molar-refractivity contribution in [2.24, 2.45) is 5.92 Å². The molecule has 5 nitrogen and oxygen atoms in total. The molecule has 0 spiro atoms. The van der Waals surface area contributed by atoms with E-state index in [1.807, 2.05) is 21.6 Å². The Morgan fingerprint density at radius 2 is 2.15 bits per heavy atom. The SMILES string of the molecule is O=C(CCCC[C@@H]1CCSS1)N1CCC[C@H](Cc2nc(C3CC3)no2)C1. The van der Waals surface area contributed by atoms with Crippen LogP contribution in [0, 0.1) is 5.92 Å². The number of carbonyl (C=O) groups excluding carboxylic acids is 1. The van der Waals surface area contributed by atoms with Gasteiger partial charge in [0.2, 0.25) is 11.8 Å². The van der Waals surface area contributed by atoms with E-state index in [0.717, 1.165) is 55.7 Å². The fourth-order valence-electron chi connectivity index (χ4n) is 3.93. The molecule has 3 aliphatic rings. The van der Waals surface area contributed by atoms with Crippen LogP contribution in [0.25, 0.3) is 0 Å². The Morgan fingerprint density at radius 1 is 1.23 bits per heavy atom. The van der Waals surface area contributed by atoms with Crippen molar-refractivity contribution in [2.45, 2.75) is 75.4 Å². The van der Waals surface area contributed by atoms with Crippen LogP contribution in [0.15, 0.2) is 4.52 Å². The highest BCUT2D eigenvalue weighted by molar-refractivity contribution is 8.77. The van der Waals surface area contributed by atoms with Gasteiger partial charge in [0.1, 0.15) is 0 Å². The van der Waals surface area contributed by atoms with Crippen molar-refractivity contribution in [1.29, 1.82) is 0 Å². The Morgan fingerprint density at radius 3 is 2.96 bits per heavy atom. The lowest BCUT2D eigenvalue weighted by atomic mass is 9.94. The molecule has 1 saturated carbocycles. The summed E-state index contributed by atoms with van der Waals surface area (Å²) in [6.07, 6.45) is 11.0. The number of nitrogens with zero attached hydrogens (tertiary/aromatic N) is 3. The molecule has 1 amide bonds. The maximum Gasteiger partial charge on any atom is 0.226 e. The minimum atomic E-state index is 0.340. The Hall–Kier alpha value is -0.690. The summed E-state index contributed by atoms with van der Waals surface area (Å²) in [4.78, 5) is 19.2. The summed E-state index contributed by atoms with van der Waals surface area (Å²) in [7, 11) is 4.04. The Labute approximate surface area is 163 Å². The van der Waals surface area contributed by atoms with Crippen molar-refractivity contribution in [3.63, 3.8) is 0 Å². The molecule has 3 fully saturated rings. The van der Waals surface area contributed by atoms with Gasteiger partial charge >= 0.3 is 0 Å². The highest BCUT2D eigenvalue weighted by atomic mass is 33.1. The van der Waals surface area contributed by atoms with E-state index < -0.39 is 0 Å². The number of amides is 1. The van der Waals surface area contributed by atoms with Gasteiger partial charge in [0.05, 0.1) is 0 Å². The number of carbonyl (C=O) groups is 1. The van der Waals surface area contributed by atoms with Crippen LogP contribution in [-0.2, 0) is 11.2 Å². The zero-order chi connectivity index (χ0) is 17.8. The van der Waals surface area contributed by atoms with Crippen LogP contribution in [0.3, 0.4) is 0 Å². The van der Waals surface area contributed by atoms with Crippen molar-refractivity contribution < 1.29 is 9.32 Å². The summed E-state index contributed by atoms with van der Waals surface area (Å²) in [5.74, 6) is 4.30. The van der Waals surface area contributed by atoms with E-state index in [-0.39, 0.29) is 0 Å². The van der Waals surface area contributed by atoms with E-state index in [0.29, 0.717) is 24.2 Å². The topological polar surface area (TPSA) is 59.2 Å². The van der Waals surface area contributed by atoms with Crippen molar-refractivity contribution in [3.8, 4) is 0 Å². The molecule has 1 aromatic heterocycles. The van der Waals surface area contributed by atoms with Gasteiger partial charge < -0.3 is 9.42 Å². The lowest BCUT2D eigenvalue weighted by Crippen LogP contribution is -2.40. The lowest BCUT2D eigenvalue weighted by molar-refractivity contribution is -0.133. The smallest absolute Gasteiger partial charge is 0.226 e. The Bertz CT molecular complexity index is 599. The monoisotopic (exact) mass is 395 g/mol. The predicted molar refractivity (Wildman–Crippen MR) is 106 cm³/mol. The minimum Gasteiger partial charge on any atom is -0.342 e. The molecular weight excluding hydrogens is 366 g/mol. The van der Waals surface area contributed by atoms with Crippen LogP contribution in [0.4, 0.5) is 0 Å². The Balaban J connectivity index is 1.17. The fourth-order valence-corrected chi connectivity index (χ4v) is 6.96. The minimum absolute atomic E-state index is 0.340. The molecule has 26 heavy (non-hydrogen) atoms.